The van der Waals surface area contributed by atoms with Crippen molar-refractivity contribution < 1.29 is 4.79 Å². The Kier molecular flexibility index (Phi) is 4.40. The maximum absolute atomic E-state index is 12.5. The Balaban J connectivity index is 2.02. The van der Waals surface area contributed by atoms with Gasteiger partial charge in [-0.2, -0.15) is 0 Å². The quantitative estimate of drug-likeness (QED) is 0.770. The van der Waals surface area contributed by atoms with E-state index >= 15 is 0 Å². The van der Waals surface area contributed by atoms with Crippen LogP contribution in [-0.2, 0) is 4.79 Å². The van der Waals surface area contributed by atoms with E-state index in [2.05, 4.69) is 29.1 Å². The van der Waals surface area contributed by atoms with Gasteiger partial charge < -0.3 is 15.1 Å². The number of hydrogen-bond donors (Lipinski definition) is 1. The maximum atomic E-state index is 12.5. The Morgan fingerprint density at radius 3 is 2.82 bits per heavy atom. The second-order valence-corrected chi connectivity index (χ2v) is 5.36. The fraction of sp³-hybridized carbons (Fsp3) is 0.923. The van der Waals surface area contributed by atoms with Crippen LogP contribution < -0.4 is 5.32 Å². The third-order valence-corrected chi connectivity index (χ3v) is 4.01. The lowest BCUT2D eigenvalue weighted by molar-refractivity contribution is -0.135. The summed E-state index contributed by atoms with van der Waals surface area (Å²) in [4.78, 5) is 17.0. The monoisotopic (exact) mass is 239 g/mol. The molecule has 2 fully saturated rings. The second-order valence-electron chi connectivity index (χ2n) is 5.36. The molecule has 1 amide bonds. The van der Waals surface area contributed by atoms with Crippen molar-refractivity contribution in [1.82, 2.24) is 15.1 Å². The zero-order valence-corrected chi connectivity index (χ0v) is 11.1. The molecule has 0 spiro atoms. The van der Waals surface area contributed by atoms with Crippen molar-refractivity contribution in [3.05, 3.63) is 0 Å². The van der Waals surface area contributed by atoms with Crippen molar-refractivity contribution in [3.63, 3.8) is 0 Å². The van der Waals surface area contributed by atoms with Gasteiger partial charge in [0.1, 0.15) is 0 Å². The van der Waals surface area contributed by atoms with Gasteiger partial charge in [0.25, 0.3) is 0 Å². The Hall–Kier alpha value is -0.610. The Morgan fingerprint density at radius 1 is 1.35 bits per heavy atom. The first-order valence-corrected chi connectivity index (χ1v) is 6.94. The van der Waals surface area contributed by atoms with E-state index in [4.69, 9.17) is 0 Å². The van der Waals surface area contributed by atoms with Gasteiger partial charge in [-0.15, -0.1) is 0 Å². The van der Waals surface area contributed by atoms with Gasteiger partial charge in [-0.05, 0) is 45.8 Å². The molecular formula is C13H25N3O. The fourth-order valence-corrected chi connectivity index (χ4v) is 2.98. The highest BCUT2D eigenvalue weighted by Gasteiger charge is 2.32. The highest BCUT2D eigenvalue weighted by atomic mass is 16.2. The summed E-state index contributed by atoms with van der Waals surface area (Å²) in [7, 11) is 2.16. The van der Waals surface area contributed by atoms with Crippen molar-refractivity contribution in [2.75, 3.05) is 33.2 Å². The normalized spacial score (nSPS) is 31.5. The molecule has 2 heterocycles. The van der Waals surface area contributed by atoms with E-state index < -0.39 is 0 Å². The lowest BCUT2D eigenvalue weighted by Crippen LogP contribution is -2.50. The van der Waals surface area contributed by atoms with Crippen LogP contribution in [0.15, 0.2) is 0 Å². The van der Waals surface area contributed by atoms with Crippen molar-refractivity contribution in [1.29, 1.82) is 0 Å². The van der Waals surface area contributed by atoms with E-state index in [0.717, 1.165) is 51.9 Å². The third kappa shape index (κ3) is 2.99. The van der Waals surface area contributed by atoms with Crippen molar-refractivity contribution in [2.45, 2.75) is 44.7 Å². The molecule has 98 valence electrons. The SMILES string of the molecule is CCC1CN(C)CCCN1C(=O)[C@@H]1CCCN1. The topological polar surface area (TPSA) is 35.6 Å². The smallest absolute Gasteiger partial charge is 0.239 e. The predicted octanol–water partition coefficient (Wildman–Crippen LogP) is 0.681. The molecule has 4 heteroatoms. The Bertz CT molecular complexity index is 263. The van der Waals surface area contributed by atoms with E-state index in [1.807, 2.05) is 0 Å². The number of carbonyl (C=O) groups is 1. The molecule has 1 N–H and O–H groups in total. The summed E-state index contributed by atoms with van der Waals surface area (Å²) in [6, 6.07) is 0.491. The molecule has 17 heavy (non-hydrogen) atoms. The third-order valence-electron chi connectivity index (χ3n) is 4.01. The molecule has 4 nitrogen and oxygen atoms in total. The minimum absolute atomic E-state index is 0.0902. The summed E-state index contributed by atoms with van der Waals surface area (Å²) >= 11 is 0. The molecule has 0 aliphatic carbocycles. The van der Waals surface area contributed by atoms with Crippen molar-refractivity contribution in [2.24, 2.45) is 0 Å². The Morgan fingerprint density at radius 2 is 2.18 bits per heavy atom. The minimum Gasteiger partial charge on any atom is -0.337 e. The van der Waals surface area contributed by atoms with Gasteiger partial charge in [-0.3, -0.25) is 4.79 Å². The van der Waals surface area contributed by atoms with Gasteiger partial charge in [-0.1, -0.05) is 6.92 Å². The zero-order valence-electron chi connectivity index (χ0n) is 11.1. The molecule has 2 rings (SSSR count). The second kappa shape index (κ2) is 5.83. The van der Waals surface area contributed by atoms with Crippen LogP contribution in [0.5, 0.6) is 0 Å². The molecule has 0 aromatic heterocycles. The molecule has 2 saturated heterocycles. The van der Waals surface area contributed by atoms with Gasteiger partial charge in [0.2, 0.25) is 5.91 Å². The van der Waals surface area contributed by atoms with Crippen molar-refractivity contribution >= 4 is 5.91 Å². The number of likely N-dealkylation sites (N-methyl/N-ethyl adjacent to an activating group) is 1. The van der Waals surface area contributed by atoms with Crippen LogP contribution in [0, 0.1) is 0 Å². The molecule has 0 bridgehead atoms. The van der Waals surface area contributed by atoms with Crippen LogP contribution in [0.3, 0.4) is 0 Å². The largest absolute Gasteiger partial charge is 0.337 e. The summed E-state index contributed by atoms with van der Waals surface area (Å²) in [6.45, 7) is 6.25. The zero-order chi connectivity index (χ0) is 12.3. The summed E-state index contributed by atoms with van der Waals surface area (Å²) in [5, 5.41) is 3.33. The highest BCUT2D eigenvalue weighted by Crippen LogP contribution is 2.16. The minimum atomic E-state index is 0.0902. The predicted molar refractivity (Wildman–Crippen MR) is 68.9 cm³/mol. The molecule has 0 aromatic carbocycles. The highest BCUT2D eigenvalue weighted by molar-refractivity contribution is 5.82. The van der Waals surface area contributed by atoms with Gasteiger partial charge >= 0.3 is 0 Å². The van der Waals surface area contributed by atoms with Crippen LogP contribution in [0.4, 0.5) is 0 Å². The van der Waals surface area contributed by atoms with Crippen molar-refractivity contribution in [3.8, 4) is 0 Å². The van der Waals surface area contributed by atoms with E-state index in [1.165, 1.54) is 0 Å². The number of amides is 1. The molecule has 2 aliphatic heterocycles. The molecule has 2 aliphatic rings. The molecule has 1 unspecified atom stereocenters. The van der Waals surface area contributed by atoms with Crippen LogP contribution in [0.2, 0.25) is 0 Å². The lowest BCUT2D eigenvalue weighted by Gasteiger charge is -2.32. The average Bonchev–Trinajstić information content (AvgIpc) is 2.78. The van der Waals surface area contributed by atoms with Gasteiger partial charge in [0, 0.05) is 19.1 Å². The standard InChI is InChI=1S/C13H25N3O/c1-3-11-10-15(2)8-5-9-16(11)13(17)12-6-4-7-14-12/h11-12,14H,3-10H2,1-2H3/t11?,12-/m0/s1. The lowest BCUT2D eigenvalue weighted by atomic mass is 10.1. The summed E-state index contributed by atoms with van der Waals surface area (Å²) in [6.07, 6.45) is 4.32. The van der Waals surface area contributed by atoms with E-state index in [-0.39, 0.29) is 6.04 Å². The van der Waals surface area contributed by atoms with Crippen LogP contribution in [-0.4, -0.2) is 61.0 Å². The van der Waals surface area contributed by atoms with Gasteiger partial charge in [-0.25, -0.2) is 0 Å². The average molecular weight is 239 g/mol. The maximum Gasteiger partial charge on any atom is 0.239 e. The Labute approximate surface area is 104 Å². The first-order chi connectivity index (χ1) is 8.22. The molecular weight excluding hydrogens is 214 g/mol. The molecule has 0 aromatic rings. The van der Waals surface area contributed by atoms with Gasteiger partial charge in [0.15, 0.2) is 0 Å². The number of nitrogens with zero attached hydrogens (tertiary/aromatic N) is 2. The summed E-state index contributed by atoms with van der Waals surface area (Å²) < 4.78 is 0. The molecule has 2 atom stereocenters. The van der Waals surface area contributed by atoms with Crippen LogP contribution in [0.25, 0.3) is 0 Å². The summed E-state index contributed by atoms with van der Waals surface area (Å²) in [5.74, 6) is 0.338. The van der Waals surface area contributed by atoms with E-state index in [9.17, 15) is 4.79 Å². The number of hydrogen-bond acceptors (Lipinski definition) is 3. The van der Waals surface area contributed by atoms with E-state index in [0.29, 0.717) is 11.9 Å². The summed E-state index contributed by atoms with van der Waals surface area (Å²) in [5.41, 5.74) is 0. The van der Waals surface area contributed by atoms with Crippen LogP contribution >= 0.6 is 0 Å². The first kappa shape index (κ1) is 12.8. The first-order valence-electron chi connectivity index (χ1n) is 6.94. The number of carbonyl (C=O) groups excluding carboxylic acids is 1. The molecule has 0 radical (unpaired) electrons. The van der Waals surface area contributed by atoms with E-state index in [1.54, 1.807) is 0 Å². The molecule has 0 saturated carbocycles. The van der Waals surface area contributed by atoms with Gasteiger partial charge in [0.05, 0.1) is 6.04 Å². The fourth-order valence-electron chi connectivity index (χ4n) is 2.98. The number of nitrogens with one attached hydrogen (secondary N) is 1. The van der Waals surface area contributed by atoms with Crippen LogP contribution in [0.1, 0.15) is 32.6 Å². The number of rotatable bonds is 2.